The zero-order valence-corrected chi connectivity index (χ0v) is 9.28. The van der Waals surface area contributed by atoms with Crippen LogP contribution < -0.4 is 0 Å². The van der Waals surface area contributed by atoms with Crippen LogP contribution in [0.15, 0.2) is 36.0 Å². The van der Waals surface area contributed by atoms with E-state index < -0.39 is 0 Å². The summed E-state index contributed by atoms with van der Waals surface area (Å²) < 4.78 is 0. The van der Waals surface area contributed by atoms with Crippen LogP contribution in [0.2, 0.25) is 0 Å². The van der Waals surface area contributed by atoms with Gasteiger partial charge in [-0.3, -0.25) is 0 Å². The van der Waals surface area contributed by atoms with Crippen molar-refractivity contribution in [3.8, 4) is 6.07 Å². The number of benzene rings is 1. The largest absolute Gasteiger partial charge is 0.265 e. The van der Waals surface area contributed by atoms with Crippen LogP contribution in [-0.4, -0.2) is 0 Å². The monoisotopic (exact) mass is 198 g/mol. The fourth-order valence-corrected chi connectivity index (χ4v) is 1.02. The molecule has 0 heterocycles. The molecule has 1 rings (SSSR count). The Morgan fingerprint density at radius 3 is 2.20 bits per heavy atom. The van der Waals surface area contributed by atoms with Crippen molar-refractivity contribution in [3.05, 3.63) is 53.0 Å². The maximum Gasteiger partial charge on any atom is 0.265 e. The molecule has 0 fully saturated rings. The summed E-state index contributed by atoms with van der Waals surface area (Å²) in [4.78, 5) is 3.15. The second-order valence-electron chi connectivity index (χ2n) is 2.56. The van der Waals surface area contributed by atoms with Crippen molar-refractivity contribution in [2.45, 2.75) is 20.8 Å². The van der Waals surface area contributed by atoms with Crippen LogP contribution in [0.5, 0.6) is 0 Å². The van der Waals surface area contributed by atoms with Crippen LogP contribution in [0.25, 0.3) is 10.4 Å². The lowest BCUT2D eigenvalue weighted by Gasteiger charge is -1.99. The first-order valence-corrected chi connectivity index (χ1v) is 4.83. The highest BCUT2D eigenvalue weighted by Crippen LogP contribution is 2.17. The third-order valence-electron chi connectivity index (χ3n) is 1.78. The minimum Gasteiger partial charge on any atom is -0.226 e. The van der Waals surface area contributed by atoms with Gasteiger partial charge in [0.25, 0.3) is 5.70 Å². The Hall–Kier alpha value is -2.06. The zero-order valence-electron chi connectivity index (χ0n) is 9.28. The smallest absolute Gasteiger partial charge is 0.226 e. The van der Waals surface area contributed by atoms with Crippen molar-refractivity contribution < 1.29 is 0 Å². The molecule has 0 bridgehead atoms. The summed E-state index contributed by atoms with van der Waals surface area (Å²) in [6.07, 6.45) is 0. The SMILES string of the molecule is CC.[C-]#[N+]/C(C#N)=C(\C)c1ccccc1. The van der Waals surface area contributed by atoms with Gasteiger partial charge in [0.2, 0.25) is 0 Å². The van der Waals surface area contributed by atoms with Crippen LogP contribution >= 0.6 is 0 Å². The molecule has 0 N–H and O–H groups in total. The summed E-state index contributed by atoms with van der Waals surface area (Å²) in [5.74, 6) is 0. The molecule has 0 aliphatic heterocycles. The van der Waals surface area contributed by atoms with E-state index in [9.17, 15) is 0 Å². The van der Waals surface area contributed by atoms with Crippen molar-refractivity contribution in [1.29, 1.82) is 5.26 Å². The van der Waals surface area contributed by atoms with Gasteiger partial charge in [0.1, 0.15) is 0 Å². The number of nitrogens with zero attached hydrogens (tertiary/aromatic N) is 2. The summed E-state index contributed by atoms with van der Waals surface area (Å²) in [6.45, 7) is 12.6. The van der Waals surface area contributed by atoms with E-state index in [1.807, 2.05) is 50.2 Å². The molecule has 0 amide bonds. The van der Waals surface area contributed by atoms with E-state index in [0.717, 1.165) is 11.1 Å². The highest BCUT2D eigenvalue weighted by atomic mass is 14.7. The summed E-state index contributed by atoms with van der Waals surface area (Å²) in [6, 6.07) is 11.3. The Kier molecular flexibility index (Phi) is 6.34. The van der Waals surface area contributed by atoms with Gasteiger partial charge < -0.3 is 0 Å². The molecule has 1 aromatic carbocycles. The standard InChI is InChI=1S/C11H8N2.C2H6/c1-9(11(8-12)13-2)10-6-4-3-5-7-10;1-2/h3-7H,1H3;1-2H3/b11-9+;. The lowest BCUT2D eigenvalue weighted by atomic mass is 10.1. The van der Waals surface area contributed by atoms with Gasteiger partial charge in [-0.05, 0) is 18.1 Å². The lowest BCUT2D eigenvalue weighted by Crippen LogP contribution is -1.81. The molecule has 0 saturated carbocycles. The van der Waals surface area contributed by atoms with Crippen molar-refractivity contribution in [3.63, 3.8) is 0 Å². The van der Waals surface area contributed by atoms with Crippen molar-refractivity contribution >= 4 is 5.57 Å². The normalized spacial score (nSPS) is 9.93. The molecular weight excluding hydrogens is 184 g/mol. The molecule has 0 unspecified atom stereocenters. The first-order chi connectivity index (χ1) is 7.29. The molecule has 2 nitrogen and oxygen atoms in total. The van der Waals surface area contributed by atoms with E-state index in [1.54, 1.807) is 6.92 Å². The molecule has 0 aliphatic rings. The first-order valence-electron chi connectivity index (χ1n) is 4.83. The Morgan fingerprint density at radius 1 is 1.27 bits per heavy atom. The second kappa shape index (κ2) is 7.35. The van der Waals surface area contributed by atoms with Crippen LogP contribution in [-0.2, 0) is 0 Å². The minimum absolute atomic E-state index is 0.159. The molecule has 15 heavy (non-hydrogen) atoms. The maximum atomic E-state index is 8.64. The number of hydrogen-bond acceptors (Lipinski definition) is 1. The van der Waals surface area contributed by atoms with Gasteiger partial charge in [-0.1, -0.05) is 44.2 Å². The number of hydrogen-bond donors (Lipinski definition) is 0. The predicted molar refractivity (Wildman–Crippen MR) is 62.6 cm³/mol. The summed E-state index contributed by atoms with van der Waals surface area (Å²) in [5.41, 5.74) is 1.82. The maximum absolute atomic E-state index is 8.64. The molecule has 0 atom stereocenters. The second-order valence-corrected chi connectivity index (χ2v) is 2.56. The van der Waals surface area contributed by atoms with Gasteiger partial charge in [0.05, 0.1) is 12.6 Å². The van der Waals surface area contributed by atoms with Crippen LogP contribution in [0.1, 0.15) is 26.3 Å². The summed E-state index contributed by atoms with van der Waals surface area (Å²) in [7, 11) is 0. The average molecular weight is 198 g/mol. The van der Waals surface area contributed by atoms with Gasteiger partial charge in [-0.15, -0.1) is 0 Å². The van der Waals surface area contributed by atoms with E-state index in [0.29, 0.717) is 0 Å². The van der Waals surface area contributed by atoms with E-state index in [2.05, 4.69) is 4.85 Å². The molecule has 0 spiro atoms. The number of allylic oxidation sites excluding steroid dienone is 2. The number of nitriles is 1. The van der Waals surface area contributed by atoms with Gasteiger partial charge in [-0.25, -0.2) is 10.1 Å². The van der Waals surface area contributed by atoms with Gasteiger partial charge in [0.15, 0.2) is 0 Å². The quantitative estimate of drug-likeness (QED) is 0.497. The zero-order chi connectivity index (χ0) is 11.7. The van der Waals surface area contributed by atoms with Crippen LogP contribution in [0, 0.1) is 17.9 Å². The van der Waals surface area contributed by atoms with Crippen LogP contribution in [0.4, 0.5) is 0 Å². The molecule has 2 heteroatoms. The van der Waals surface area contributed by atoms with E-state index in [1.165, 1.54) is 0 Å². The third-order valence-corrected chi connectivity index (χ3v) is 1.78. The molecule has 0 aromatic heterocycles. The molecular formula is C13H14N2. The molecule has 0 radical (unpaired) electrons. The van der Waals surface area contributed by atoms with Crippen molar-refractivity contribution in [2.24, 2.45) is 0 Å². The van der Waals surface area contributed by atoms with Gasteiger partial charge >= 0.3 is 0 Å². The average Bonchev–Trinajstić information content (AvgIpc) is 2.34. The van der Waals surface area contributed by atoms with Gasteiger partial charge in [-0.2, -0.15) is 0 Å². The minimum atomic E-state index is 0.159. The first kappa shape index (κ1) is 12.9. The summed E-state index contributed by atoms with van der Waals surface area (Å²) in [5, 5.41) is 8.64. The van der Waals surface area contributed by atoms with Crippen molar-refractivity contribution in [2.75, 3.05) is 0 Å². The third kappa shape index (κ3) is 3.67. The molecule has 0 saturated heterocycles. The summed E-state index contributed by atoms with van der Waals surface area (Å²) >= 11 is 0. The molecule has 1 aromatic rings. The fraction of sp³-hybridized carbons (Fsp3) is 0.231. The van der Waals surface area contributed by atoms with E-state index in [4.69, 9.17) is 11.8 Å². The highest BCUT2D eigenvalue weighted by molar-refractivity contribution is 5.71. The number of rotatable bonds is 1. The van der Waals surface area contributed by atoms with E-state index >= 15 is 0 Å². The fourth-order valence-electron chi connectivity index (χ4n) is 1.02. The Morgan fingerprint density at radius 2 is 1.80 bits per heavy atom. The van der Waals surface area contributed by atoms with Gasteiger partial charge in [0, 0.05) is 0 Å². The lowest BCUT2D eigenvalue weighted by molar-refractivity contribution is 1.47. The van der Waals surface area contributed by atoms with Crippen LogP contribution in [0.3, 0.4) is 0 Å². The Balaban J connectivity index is 0.000000921. The van der Waals surface area contributed by atoms with E-state index in [-0.39, 0.29) is 5.70 Å². The molecule has 76 valence electrons. The Labute approximate surface area is 91.3 Å². The predicted octanol–water partition coefficient (Wildman–Crippen LogP) is 3.89. The van der Waals surface area contributed by atoms with Crippen molar-refractivity contribution in [1.82, 2.24) is 0 Å². The Bertz CT molecular complexity index is 386. The molecule has 0 aliphatic carbocycles. The highest BCUT2D eigenvalue weighted by Gasteiger charge is 2.02. The topological polar surface area (TPSA) is 28.1 Å².